The fraction of sp³-hybridized carbons (Fsp3) is 0.417. The zero-order valence-electron chi connectivity index (χ0n) is 8.02. The average Bonchev–Trinajstić information content (AvgIpc) is 2.98. The molecule has 1 fully saturated rings. The van der Waals surface area contributed by atoms with Crippen molar-refractivity contribution in [1.29, 1.82) is 0 Å². The van der Waals surface area contributed by atoms with Gasteiger partial charge in [0.15, 0.2) is 5.90 Å². The van der Waals surface area contributed by atoms with Gasteiger partial charge in [0.25, 0.3) is 0 Å². The van der Waals surface area contributed by atoms with E-state index < -0.39 is 0 Å². The molecule has 0 N–H and O–H groups in total. The summed E-state index contributed by atoms with van der Waals surface area (Å²) in [6.45, 7) is 0.732. The van der Waals surface area contributed by atoms with Crippen LogP contribution in [-0.2, 0) is 4.74 Å². The van der Waals surface area contributed by atoms with Crippen molar-refractivity contribution >= 4 is 5.90 Å². The normalized spacial score (nSPS) is 25.7. The van der Waals surface area contributed by atoms with Crippen molar-refractivity contribution in [2.45, 2.75) is 18.9 Å². The van der Waals surface area contributed by atoms with Gasteiger partial charge in [-0.3, -0.25) is 0 Å². The highest BCUT2D eigenvalue weighted by Crippen LogP contribution is 2.35. The Bertz CT molecular complexity index is 354. The lowest BCUT2D eigenvalue weighted by Gasteiger charge is -2.03. The predicted molar refractivity (Wildman–Crippen MR) is 55.3 cm³/mol. The second-order valence-electron chi connectivity index (χ2n) is 3.98. The quantitative estimate of drug-likeness (QED) is 0.697. The third-order valence-electron chi connectivity index (χ3n) is 2.78. The van der Waals surface area contributed by atoms with Crippen molar-refractivity contribution in [3.8, 4) is 0 Å². The van der Waals surface area contributed by atoms with Crippen LogP contribution in [0.3, 0.4) is 0 Å². The summed E-state index contributed by atoms with van der Waals surface area (Å²) < 4.78 is 5.59. The lowest BCUT2D eigenvalue weighted by atomic mass is 10.1. The summed E-state index contributed by atoms with van der Waals surface area (Å²) in [7, 11) is 0. The average molecular weight is 187 g/mol. The van der Waals surface area contributed by atoms with Crippen molar-refractivity contribution in [1.82, 2.24) is 0 Å². The molecule has 2 nitrogen and oxygen atoms in total. The molecule has 1 heterocycles. The Kier molecular flexibility index (Phi) is 1.79. The molecule has 0 spiro atoms. The Hall–Kier alpha value is -1.31. The Balaban J connectivity index is 1.81. The molecular weight excluding hydrogens is 174 g/mol. The van der Waals surface area contributed by atoms with Gasteiger partial charge in [-0.05, 0) is 18.4 Å². The van der Waals surface area contributed by atoms with Crippen LogP contribution in [0.2, 0.25) is 0 Å². The summed E-state index contributed by atoms with van der Waals surface area (Å²) in [6.07, 6.45) is 2.53. The minimum Gasteiger partial charge on any atom is -0.478 e. The minimum absolute atomic E-state index is 0.242. The van der Waals surface area contributed by atoms with E-state index in [1.807, 2.05) is 6.07 Å². The monoisotopic (exact) mass is 187 g/mol. The van der Waals surface area contributed by atoms with Gasteiger partial charge in [0, 0.05) is 5.92 Å². The molecule has 0 amide bonds. The number of hydrogen-bond donors (Lipinski definition) is 0. The first-order chi connectivity index (χ1) is 6.93. The van der Waals surface area contributed by atoms with Gasteiger partial charge in [0.1, 0.15) is 12.6 Å². The van der Waals surface area contributed by atoms with Gasteiger partial charge in [-0.25, -0.2) is 4.99 Å². The highest BCUT2D eigenvalue weighted by molar-refractivity contribution is 5.82. The summed E-state index contributed by atoms with van der Waals surface area (Å²) in [4.78, 5) is 4.61. The van der Waals surface area contributed by atoms with Gasteiger partial charge in [-0.15, -0.1) is 0 Å². The molecular formula is C12H13NO. The standard InChI is InChI=1S/C12H13NO/c1-2-4-9(5-3-1)11-8-14-12(13-11)10-6-7-10/h1-5,10-11H,6-8H2/t11-/m1/s1. The van der Waals surface area contributed by atoms with Crippen LogP contribution < -0.4 is 0 Å². The Morgan fingerprint density at radius 2 is 1.93 bits per heavy atom. The summed E-state index contributed by atoms with van der Waals surface area (Å²) in [5, 5.41) is 0. The van der Waals surface area contributed by atoms with Crippen LogP contribution in [0.15, 0.2) is 35.3 Å². The third kappa shape index (κ3) is 1.41. The molecule has 0 radical (unpaired) electrons. The molecule has 72 valence electrons. The number of ether oxygens (including phenoxy) is 1. The Morgan fingerprint density at radius 3 is 2.64 bits per heavy atom. The maximum atomic E-state index is 5.59. The van der Waals surface area contributed by atoms with Gasteiger partial charge in [0.2, 0.25) is 0 Å². The Morgan fingerprint density at radius 1 is 1.14 bits per heavy atom. The molecule has 0 unspecified atom stereocenters. The zero-order valence-corrected chi connectivity index (χ0v) is 8.02. The highest BCUT2D eigenvalue weighted by atomic mass is 16.5. The second kappa shape index (κ2) is 3.12. The molecule has 14 heavy (non-hydrogen) atoms. The van der Waals surface area contributed by atoms with E-state index in [0.29, 0.717) is 5.92 Å². The van der Waals surface area contributed by atoms with E-state index in [2.05, 4.69) is 29.3 Å². The number of hydrogen-bond acceptors (Lipinski definition) is 2. The first-order valence-electron chi connectivity index (χ1n) is 5.19. The molecule has 0 aromatic heterocycles. The van der Waals surface area contributed by atoms with E-state index in [4.69, 9.17) is 4.74 Å². The van der Waals surface area contributed by atoms with Gasteiger partial charge < -0.3 is 4.74 Å². The van der Waals surface area contributed by atoms with Crippen LogP contribution in [0.5, 0.6) is 0 Å². The zero-order chi connectivity index (χ0) is 9.38. The molecule has 0 bridgehead atoms. The topological polar surface area (TPSA) is 21.6 Å². The highest BCUT2D eigenvalue weighted by Gasteiger charge is 2.33. The summed E-state index contributed by atoms with van der Waals surface area (Å²) in [6, 6.07) is 10.6. The van der Waals surface area contributed by atoms with Crippen LogP contribution >= 0.6 is 0 Å². The van der Waals surface area contributed by atoms with Crippen LogP contribution in [0, 0.1) is 5.92 Å². The first kappa shape index (κ1) is 8.04. The maximum absolute atomic E-state index is 5.59. The summed E-state index contributed by atoms with van der Waals surface area (Å²) in [5.41, 5.74) is 1.27. The third-order valence-corrected chi connectivity index (χ3v) is 2.78. The van der Waals surface area contributed by atoms with Crippen molar-refractivity contribution in [2.75, 3.05) is 6.61 Å². The fourth-order valence-electron chi connectivity index (χ4n) is 1.79. The second-order valence-corrected chi connectivity index (χ2v) is 3.98. The van der Waals surface area contributed by atoms with Crippen LogP contribution in [0.1, 0.15) is 24.4 Å². The van der Waals surface area contributed by atoms with Crippen LogP contribution in [0.4, 0.5) is 0 Å². The van der Waals surface area contributed by atoms with E-state index in [-0.39, 0.29) is 6.04 Å². The molecule has 0 saturated heterocycles. The molecule has 1 aliphatic heterocycles. The largest absolute Gasteiger partial charge is 0.478 e. The maximum Gasteiger partial charge on any atom is 0.187 e. The molecule has 2 aliphatic rings. The summed E-state index contributed by atoms with van der Waals surface area (Å²) in [5.74, 6) is 1.64. The molecule has 1 aliphatic carbocycles. The van der Waals surface area contributed by atoms with E-state index in [9.17, 15) is 0 Å². The smallest absolute Gasteiger partial charge is 0.187 e. The lowest BCUT2D eigenvalue weighted by Crippen LogP contribution is -2.00. The minimum atomic E-state index is 0.242. The molecule has 3 rings (SSSR count). The number of aliphatic imine (C=N–C) groups is 1. The Labute approximate surface area is 83.6 Å². The van der Waals surface area contributed by atoms with E-state index in [0.717, 1.165) is 12.5 Å². The summed E-state index contributed by atoms with van der Waals surface area (Å²) >= 11 is 0. The van der Waals surface area contributed by atoms with Crippen molar-refractivity contribution in [3.05, 3.63) is 35.9 Å². The lowest BCUT2D eigenvalue weighted by molar-refractivity contribution is 0.309. The van der Waals surface area contributed by atoms with Gasteiger partial charge in [-0.1, -0.05) is 30.3 Å². The van der Waals surface area contributed by atoms with Gasteiger partial charge >= 0.3 is 0 Å². The van der Waals surface area contributed by atoms with Gasteiger partial charge in [0.05, 0.1) is 0 Å². The fourth-order valence-corrected chi connectivity index (χ4v) is 1.79. The van der Waals surface area contributed by atoms with Crippen molar-refractivity contribution in [2.24, 2.45) is 10.9 Å². The molecule has 1 aromatic rings. The SMILES string of the molecule is c1ccc([C@H]2COC(C3CC3)=N2)cc1. The van der Waals surface area contributed by atoms with E-state index in [1.54, 1.807) is 0 Å². The number of nitrogens with zero attached hydrogens (tertiary/aromatic N) is 1. The molecule has 1 saturated carbocycles. The molecule has 1 atom stereocenters. The van der Waals surface area contributed by atoms with E-state index >= 15 is 0 Å². The van der Waals surface area contributed by atoms with Crippen LogP contribution in [-0.4, -0.2) is 12.5 Å². The predicted octanol–water partition coefficient (Wildman–Crippen LogP) is 2.57. The van der Waals surface area contributed by atoms with Crippen molar-refractivity contribution < 1.29 is 4.74 Å². The van der Waals surface area contributed by atoms with E-state index in [1.165, 1.54) is 18.4 Å². The number of rotatable bonds is 2. The number of benzene rings is 1. The molecule has 1 aromatic carbocycles. The molecule has 2 heteroatoms. The first-order valence-corrected chi connectivity index (χ1v) is 5.19. The van der Waals surface area contributed by atoms with Crippen LogP contribution in [0.25, 0.3) is 0 Å². The van der Waals surface area contributed by atoms with Crippen molar-refractivity contribution in [3.63, 3.8) is 0 Å². The van der Waals surface area contributed by atoms with Gasteiger partial charge in [-0.2, -0.15) is 0 Å².